The van der Waals surface area contributed by atoms with E-state index in [2.05, 4.69) is 10.0 Å². The molecule has 0 bridgehead atoms. The Morgan fingerprint density at radius 2 is 1.79 bits per heavy atom. The normalized spacial score (nSPS) is 11.6. The smallest absolute Gasteiger partial charge is 0.240 e. The first-order valence-corrected chi connectivity index (χ1v) is 7.75. The number of amides is 1. The van der Waals surface area contributed by atoms with E-state index in [-0.39, 0.29) is 16.7 Å². The van der Waals surface area contributed by atoms with Gasteiger partial charge in [0.2, 0.25) is 15.9 Å². The van der Waals surface area contributed by atoms with Crippen LogP contribution in [0.2, 0.25) is 0 Å². The fourth-order valence-electron chi connectivity index (χ4n) is 1.32. The fraction of sp³-hybridized carbons (Fsp3) is 0.462. The second-order valence-electron chi connectivity index (χ2n) is 4.57. The van der Waals surface area contributed by atoms with Crippen LogP contribution >= 0.6 is 0 Å². The second-order valence-corrected chi connectivity index (χ2v) is 6.33. The Bertz CT molecular complexity index is 521. The average molecular weight is 284 g/mol. The first-order chi connectivity index (χ1) is 8.86. The molecule has 2 N–H and O–H groups in total. The maximum atomic E-state index is 11.8. The number of carbonyl (C=O) groups excluding carboxylic acids is 1. The zero-order chi connectivity index (χ0) is 14.5. The van der Waals surface area contributed by atoms with Crippen LogP contribution in [0.4, 0.5) is 5.69 Å². The monoisotopic (exact) mass is 284 g/mol. The van der Waals surface area contributed by atoms with Gasteiger partial charge in [0, 0.05) is 18.2 Å². The van der Waals surface area contributed by atoms with Gasteiger partial charge in [0.15, 0.2) is 0 Å². The highest BCUT2D eigenvalue weighted by atomic mass is 32.2. The zero-order valence-corrected chi connectivity index (χ0v) is 12.3. The molecule has 1 amide bonds. The average Bonchev–Trinajstić information content (AvgIpc) is 2.37. The molecule has 0 aromatic heterocycles. The minimum absolute atomic E-state index is 0.0975. The van der Waals surface area contributed by atoms with Gasteiger partial charge in [-0.1, -0.05) is 20.8 Å². The van der Waals surface area contributed by atoms with Crippen molar-refractivity contribution in [2.75, 3.05) is 11.9 Å². The Labute approximate surface area is 114 Å². The topological polar surface area (TPSA) is 75.3 Å². The third-order valence-electron chi connectivity index (χ3n) is 2.50. The van der Waals surface area contributed by atoms with Crippen molar-refractivity contribution in [2.45, 2.75) is 32.1 Å². The summed E-state index contributed by atoms with van der Waals surface area (Å²) in [4.78, 5) is 11.7. The van der Waals surface area contributed by atoms with Gasteiger partial charge in [-0.3, -0.25) is 4.79 Å². The van der Waals surface area contributed by atoms with Gasteiger partial charge in [-0.2, -0.15) is 0 Å². The lowest BCUT2D eigenvalue weighted by molar-refractivity contribution is -0.118. The molecule has 106 valence electrons. The highest BCUT2D eigenvalue weighted by molar-refractivity contribution is 7.89. The van der Waals surface area contributed by atoms with E-state index in [1.807, 2.05) is 6.92 Å². The highest BCUT2D eigenvalue weighted by Gasteiger charge is 2.13. The van der Waals surface area contributed by atoms with Crippen molar-refractivity contribution in [2.24, 2.45) is 5.92 Å². The van der Waals surface area contributed by atoms with E-state index in [1.165, 1.54) is 12.1 Å². The van der Waals surface area contributed by atoms with Gasteiger partial charge in [-0.05, 0) is 30.7 Å². The number of sulfonamides is 1. The summed E-state index contributed by atoms with van der Waals surface area (Å²) in [5, 5.41) is 2.71. The molecule has 0 heterocycles. The summed E-state index contributed by atoms with van der Waals surface area (Å²) in [5.74, 6) is -0.214. The van der Waals surface area contributed by atoms with E-state index in [0.717, 1.165) is 6.42 Å². The van der Waals surface area contributed by atoms with Crippen LogP contribution in [0.5, 0.6) is 0 Å². The molecule has 0 atom stereocenters. The largest absolute Gasteiger partial charge is 0.326 e. The van der Waals surface area contributed by atoms with Gasteiger partial charge in [0.25, 0.3) is 0 Å². The quantitative estimate of drug-likeness (QED) is 0.838. The van der Waals surface area contributed by atoms with E-state index in [1.54, 1.807) is 26.0 Å². The molecule has 0 saturated heterocycles. The predicted octanol–water partition coefficient (Wildman–Crippen LogP) is 1.97. The van der Waals surface area contributed by atoms with E-state index >= 15 is 0 Å². The molecule has 0 aliphatic heterocycles. The minimum Gasteiger partial charge on any atom is -0.326 e. The molecule has 1 rings (SSSR count). The van der Waals surface area contributed by atoms with E-state index < -0.39 is 10.0 Å². The lowest BCUT2D eigenvalue weighted by Crippen LogP contribution is -2.24. The molecule has 1 aromatic rings. The van der Waals surface area contributed by atoms with Crippen molar-refractivity contribution in [3.8, 4) is 0 Å². The van der Waals surface area contributed by atoms with Crippen LogP contribution in [-0.4, -0.2) is 20.9 Å². The number of anilines is 1. The number of rotatable bonds is 6. The summed E-state index contributed by atoms with van der Waals surface area (Å²) in [6.07, 6.45) is 0.738. The van der Waals surface area contributed by atoms with Crippen molar-refractivity contribution in [3.63, 3.8) is 0 Å². The van der Waals surface area contributed by atoms with Crippen molar-refractivity contribution in [1.82, 2.24) is 4.72 Å². The molecule has 5 nitrogen and oxygen atoms in total. The summed E-state index contributed by atoms with van der Waals surface area (Å²) in [6, 6.07) is 6.13. The van der Waals surface area contributed by atoms with Crippen LogP contribution < -0.4 is 10.0 Å². The molecule has 0 aliphatic carbocycles. The summed E-state index contributed by atoms with van der Waals surface area (Å²) in [7, 11) is -3.45. The van der Waals surface area contributed by atoms with Crippen molar-refractivity contribution < 1.29 is 13.2 Å². The number of hydrogen-bond donors (Lipinski definition) is 2. The molecule has 0 radical (unpaired) electrons. The van der Waals surface area contributed by atoms with E-state index in [9.17, 15) is 13.2 Å². The Kier molecular flexibility index (Phi) is 5.50. The lowest BCUT2D eigenvalue weighted by Gasteiger charge is -2.09. The van der Waals surface area contributed by atoms with Gasteiger partial charge in [-0.15, -0.1) is 0 Å². The molecule has 0 spiro atoms. The zero-order valence-electron chi connectivity index (χ0n) is 11.4. The van der Waals surface area contributed by atoms with Gasteiger partial charge >= 0.3 is 0 Å². The summed E-state index contributed by atoms with van der Waals surface area (Å²) in [6.45, 7) is 5.90. The third-order valence-corrected chi connectivity index (χ3v) is 3.98. The van der Waals surface area contributed by atoms with Crippen LogP contribution in [0, 0.1) is 5.92 Å². The second kappa shape index (κ2) is 6.68. The minimum atomic E-state index is -3.45. The number of nitrogens with one attached hydrogen (secondary N) is 2. The number of carbonyl (C=O) groups is 1. The maximum absolute atomic E-state index is 11.8. The van der Waals surface area contributed by atoms with Gasteiger partial charge in [0.1, 0.15) is 0 Å². The van der Waals surface area contributed by atoms with Gasteiger partial charge in [0.05, 0.1) is 4.90 Å². The van der Waals surface area contributed by atoms with Crippen LogP contribution in [0.1, 0.15) is 27.2 Å². The Balaban J connectivity index is 2.79. The lowest BCUT2D eigenvalue weighted by atomic mass is 10.2. The molecule has 0 fully saturated rings. The SMILES string of the molecule is CCCNS(=O)(=O)c1ccc(NC(=O)C(C)C)cc1. The summed E-state index contributed by atoms with van der Waals surface area (Å²) >= 11 is 0. The molecule has 6 heteroatoms. The summed E-state index contributed by atoms with van der Waals surface area (Å²) in [5.41, 5.74) is 0.591. The van der Waals surface area contributed by atoms with E-state index in [4.69, 9.17) is 0 Å². The van der Waals surface area contributed by atoms with Crippen LogP contribution in [0.25, 0.3) is 0 Å². The van der Waals surface area contributed by atoms with Crippen molar-refractivity contribution in [1.29, 1.82) is 0 Å². The van der Waals surface area contributed by atoms with Gasteiger partial charge < -0.3 is 5.32 Å². The third kappa shape index (κ3) is 4.65. The summed E-state index contributed by atoms with van der Waals surface area (Å²) < 4.78 is 26.2. The van der Waals surface area contributed by atoms with Crippen molar-refractivity contribution >= 4 is 21.6 Å². The molecular weight excluding hydrogens is 264 g/mol. The number of hydrogen-bond acceptors (Lipinski definition) is 3. The Hall–Kier alpha value is -1.40. The Morgan fingerprint density at radius 1 is 1.21 bits per heavy atom. The molecule has 1 aromatic carbocycles. The van der Waals surface area contributed by atoms with Gasteiger partial charge in [-0.25, -0.2) is 13.1 Å². The van der Waals surface area contributed by atoms with Crippen LogP contribution in [-0.2, 0) is 14.8 Å². The standard InChI is InChI=1S/C13H20N2O3S/c1-4-9-14-19(17,18)12-7-5-11(6-8-12)15-13(16)10(2)3/h5-8,10,14H,4,9H2,1-3H3,(H,15,16). The molecule has 0 unspecified atom stereocenters. The van der Waals surface area contributed by atoms with Crippen LogP contribution in [0.3, 0.4) is 0 Å². The molecule has 0 saturated carbocycles. The molecule has 19 heavy (non-hydrogen) atoms. The fourth-order valence-corrected chi connectivity index (χ4v) is 2.46. The first-order valence-electron chi connectivity index (χ1n) is 6.27. The molecular formula is C13H20N2O3S. The maximum Gasteiger partial charge on any atom is 0.240 e. The highest BCUT2D eigenvalue weighted by Crippen LogP contribution is 2.14. The van der Waals surface area contributed by atoms with E-state index in [0.29, 0.717) is 12.2 Å². The number of benzene rings is 1. The predicted molar refractivity (Wildman–Crippen MR) is 75.4 cm³/mol. The van der Waals surface area contributed by atoms with Crippen LogP contribution in [0.15, 0.2) is 29.2 Å². The van der Waals surface area contributed by atoms with Crippen molar-refractivity contribution in [3.05, 3.63) is 24.3 Å². The Morgan fingerprint density at radius 3 is 2.26 bits per heavy atom. The molecule has 0 aliphatic rings. The first kappa shape index (κ1) is 15.7.